The Labute approximate surface area is 155 Å². The average Bonchev–Trinajstić information content (AvgIpc) is 2.62. The lowest BCUT2D eigenvalue weighted by molar-refractivity contribution is 0.0526. The fourth-order valence-electron chi connectivity index (χ4n) is 2.71. The zero-order valence-corrected chi connectivity index (χ0v) is 15.7. The van der Waals surface area contributed by atoms with E-state index >= 15 is 0 Å². The lowest BCUT2D eigenvalue weighted by atomic mass is 9.99. The van der Waals surface area contributed by atoms with E-state index in [4.69, 9.17) is 9.72 Å². The molecule has 0 bridgehead atoms. The third-order valence-corrected chi connectivity index (χ3v) is 4.41. The Bertz CT molecular complexity index is 890. The first-order valence-electron chi connectivity index (χ1n) is 8.10. The number of aryl methyl sites for hydroxylation is 1. The van der Waals surface area contributed by atoms with Crippen LogP contribution in [0.15, 0.2) is 65.1 Å². The van der Waals surface area contributed by atoms with Crippen LogP contribution in [0.2, 0.25) is 0 Å². The number of aromatic nitrogens is 1. The summed E-state index contributed by atoms with van der Waals surface area (Å²) < 4.78 is 6.26. The summed E-state index contributed by atoms with van der Waals surface area (Å²) in [5.74, 6) is -0.339. The van der Waals surface area contributed by atoms with Gasteiger partial charge in [0.1, 0.15) is 0 Å². The van der Waals surface area contributed by atoms with Crippen LogP contribution in [-0.4, -0.2) is 17.6 Å². The largest absolute Gasteiger partial charge is 0.462 e. The zero-order valence-electron chi connectivity index (χ0n) is 14.1. The van der Waals surface area contributed by atoms with Gasteiger partial charge in [-0.25, -0.2) is 9.78 Å². The van der Waals surface area contributed by atoms with Crippen LogP contribution in [0.1, 0.15) is 22.8 Å². The van der Waals surface area contributed by atoms with Crippen LogP contribution >= 0.6 is 15.9 Å². The van der Waals surface area contributed by atoms with Crippen LogP contribution in [0, 0.1) is 6.92 Å². The van der Waals surface area contributed by atoms with E-state index in [-0.39, 0.29) is 5.97 Å². The van der Waals surface area contributed by atoms with E-state index in [1.165, 1.54) is 0 Å². The minimum Gasteiger partial charge on any atom is -0.462 e. The average molecular weight is 396 g/mol. The van der Waals surface area contributed by atoms with Gasteiger partial charge in [0.15, 0.2) is 0 Å². The van der Waals surface area contributed by atoms with E-state index in [9.17, 15) is 4.79 Å². The fourth-order valence-corrected chi connectivity index (χ4v) is 2.97. The molecule has 2 aromatic carbocycles. The number of hydrogen-bond acceptors (Lipinski definition) is 3. The van der Waals surface area contributed by atoms with E-state index in [1.54, 1.807) is 6.92 Å². The van der Waals surface area contributed by atoms with Crippen molar-refractivity contribution in [3.05, 3.63) is 76.3 Å². The van der Waals surface area contributed by atoms with Crippen molar-refractivity contribution in [3.8, 4) is 22.5 Å². The molecule has 0 aliphatic heterocycles. The maximum absolute atomic E-state index is 12.5. The molecule has 3 nitrogen and oxygen atoms in total. The number of pyridine rings is 1. The summed E-state index contributed by atoms with van der Waals surface area (Å²) in [6.07, 6.45) is 0. The van der Waals surface area contributed by atoms with Gasteiger partial charge in [0.2, 0.25) is 0 Å². The Morgan fingerprint density at radius 3 is 2.36 bits per heavy atom. The molecule has 0 fully saturated rings. The molecule has 0 spiro atoms. The Kier molecular flexibility index (Phi) is 5.29. The van der Waals surface area contributed by atoms with Crippen LogP contribution in [-0.2, 0) is 4.74 Å². The molecule has 1 heterocycles. The number of carbonyl (C=O) groups excluding carboxylic acids is 1. The van der Waals surface area contributed by atoms with Crippen LogP contribution in [0.5, 0.6) is 0 Å². The van der Waals surface area contributed by atoms with Crippen molar-refractivity contribution in [1.29, 1.82) is 0 Å². The predicted octanol–water partition coefficient (Wildman–Crippen LogP) is 5.66. The van der Waals surface area contributed by atoms with Gasteiger partial charge in [-0.1, -0.05) is 58.4 Å². The Hall–Kier alpha value is -2.46. The highest BCUT2D eigenvalue weighted by molar-refractivity contribution is 9.10. The second-order valence-corrected chi connectivity index (χ2v) is 6.56. The summed E-state index contributed by atoms with van der Waals surface area (Å²) in [4.78, 5) is 17.3. The van der Waals surface area contributed by atoms with Crippen LogP contribution in [0.25, 0.3) is 22.5 Å². The number of benzene rings is 2. The third kappa shape index (κ3) is 3.80. The smallest absolute Gasteiger partial charge is 0.340 e. The first-order valence-corrected chi connectivity index (χ1v) is 8.89. The van der Waals surface area contributed by atoms with Gasteiger partial charge in [-0.05, 0) is 37.6 Å². The highest BCUT2D eigenvalue weighted by atomic mass is 79.9. The SMILES string of the molecule is CCOC(=O)c1c(C)cc(-c2ccc(Br)cc2)nc1-c1ccccc1. The van der Waals surface area contributed by atoms with Gasteiger partial charge in [-0.2, -0.15) is 0 Å². The maximum Gasteiger partial charge on any atom is 0.340 e. The normalized spacial score (nSPS) is 10.5. The van der Waals surface area contributed by atoms with E-state index in [0.29, 0.717) is 17.9 Å². The number of rotatable bonds is 4. The van der Waals surface area contributed by atoms with E-state index in [2.05, 4.69) is 15.9 Å². The number of esters is 1. The second kappa shape index (κ2) is 7.62. The summed E-state index contributed by atoms with van der Waals surface area (Å²) in [5.41, 5.74) is 4.75. The molecule has 0 atom stereocenters. The first-order chi connectivity index (χ1) is 12.1. The number of carbonyl (C=O) groups is 1. The molecule has 0 amide bonds. The zero-order chi connectivity index (χ0) is 17.8. The summed E-state index contributed by atoms with van der Waals surface area (Å²) >= 11 is 3.45. The molecule has 0 N–H and O–H groups in total. The van der Waals surface area contributed by atoms with Crippen molar-refractivity contribution >= 4 is 21.9 Å². The van der Waals surface area contributed by atoms with Crippen molar-refractivity contribution in [2.75, 3.05) is 6.61 Å². The molecule has 1 aromatic heterocycles. The van der Waals surface area contributed by atoms with Gasteiger partial charge in [0, 0.05) is 15.6 Å². The third-order valence-electron chi connectivity index (χ3n) is 3.88. The number of nitrogens with zero attached hydrogens (tertiary/aromatic N) is 1. The van der Waals surface area contributed by atoms with E-state index in [1.807, 2.05) is 67.6 Å². The Morgan fingerprint density at radius 1 is 1.04 bits per heavy atom. The summed E-state index contributed by atoms with van der Waals surface area (Å²) in [6, 6.07) is 19.6. The molecule has 3 aromatic rings. The van der Waals surface area contributed by atoms with Crippen molar-refractivity contribution in [2.45, 2.75) is 13.8 Å². The molecule has 0 aliphatic rings. The quantitative estimate of drug-likeness (QED) is 0.534. The Balaban J connectivity index is 2.20. The van der Waals surface area contributed by atoms with E-state index in [0.717, 1.165) is 26.9 Å². The molecule has 0 saturated carbocycles. The fraction of sp³-hybridized carbons (Fsp3) is 0.143. The lowest BCUT2D eigenvalue weighted by Gasteiger charge is -2.14. The van der Waals surface area contributed by atoms with Crippen molar-refractivity contribution in [1.82, 2.24) is 4.98 Å². The van der Waals surface area contributed by atoms with Crippen molar-refractivity contribution in [2.24, 2.45) is 0 Å². The van der Waals surface area contributed by atoms with Crippen molar-refractivity contribution in [3.63, 3.8) is 0 Å². The van der Waals surface area contributed by atoms with E-state index < -0.39 is 0 Å². The lowest BCUT2D eigenvalue weighted by Crippen LogP contribution is -2.10. The number of ether oxygens (including phenoxy) is 1. The highest BCUT2D eigenvalue weighted by Gasteiger charge is 2.20. The van der Waals surface area contributed by atoms with Gasteiger partial charge in [0.05, 0.1) is 23.6 Å². The van der Waals surface area contributed by atoms with Gasteiger partial charge < -0.3 is 4.74 Å². The summed E-state index contributed by atoms with van der Waals surface area (Å²) in [6.45, 7) is 4.06. The second-order valence-electron chi connectivity index (χ2n) is 5.64. The van der Waals surface area contributed by atoms with Gasteiger partial charge in [-0.15, -0.1) is 0 Å². The van der Waals surface area contributed by atoms with Crippen LogP contribution in [0.3, 0.4) is 0 Å². The summed E-state index contributed by atoms with van der Waals surface area (Å²) in [7, 11) is 0. The first kappa shape index (κ1) is 17.4. The topological polar surface area (TPSA) is 39.2 Å². The molecule has 25 heavy (non-hydrogen) atoms. The Morgan fingerprint density at radius 2 is 1.72 bits per heavy atom. The van der Waals surface area contributed by atoms with Gasteiger partial charge >= 0.3 is 5.97 Å². The maximum atomic E-state index is 12.5. The molecule has 0 radical (unpaired) electrons. The van der Waals surface area contributed by atoms with Crippen molar-refractivity contribution < 1.29 is 9.53 Å². The minimum absolute atomic E-state index is 0.334. The molecule has 3 rings (SSSR count). The monoisotopic (exact) mass is 395 g/mol. The molecular weight excluding hydrogens is 378 g/mol. The standard InChI is InChI=1S/C21H18BrNO2/c1-3-25-21(24)19-14(2)13-18(15-9-11-17(22)12-10-15)23-20(19)16-7-5-4-6-8-16/h4-13H,3H2,1-2H3. The molecule has 0 aliphatic carbocycles. The summed E-state index contributed by atoms with van der Waals surface area (Å²) in [5, 5.41) is 0. The minimum atomic E-state index is -0.339. The molecule has 0 saturated heterocycles. The molecule has 0 unspecified atom stereocenters. The van der Waals surface area contributed by atoms with Crippen LogP contribution < -0.4 is 0 Å². The molecular formula is C21H18BrNO2. The van der Waals surface area contributed by atoms with Crippen LogP contribution in [0.4, 0.5) is 0 Å². The number of halogens is 1. The molecule has 4 heteroatoms. The van der Waals surface area contributed by atoms with Gasteiger partial charge in [-0.3, -0.25) is 0 Å². The molecule has 126 valence electrons. The van der Waals surface area contributed by atoms with Gasteiger partial charge in [0.25, 0.3) is 0 Å². The number of hydrogen-bond donors (Lipinski definition) is 0. The highest BCUT2D eigenvalue weighted by Crippen LogP contribution is 2.30. The predicted molar refractivity (Wildman–Crippen MR) is 104 cm³/mol.